The molecule has 0 spiro atoms. The Morgan fingerprint density at radius 3 is 2.25 bits per heavy atom. The Labute approximate surface area is 190 Å². The summed E-state index contributed by atoms with van der Waals surface area (Å²) >= 11 is 0. The van der Waals surface area contributed by atoms with Gasteiger partial charge < -0.3 is 14.4 Å². The average molecular weight is 459 g/mol. The normalized spacial score (nSPS) is 14.9. The van der Waals surface area contributed by atoms with Gasteiger partial charge in [0.05, 0.1) is 4.90 Å². The number of hydrogen-bond acceptors (Lipinski definition) is 5. The van der Waals surface area contributed by atoms with E-state index in [1.165, 1.54) is 4.31 Å². The molecule has 2 aromatic carbocycles. The van der Waals surface area contributed by atoms with E-state index in [1.807, 2.05) is 31.2 Å². The fourth-order valence-electron chi connectivity index (χ4n) is 3.61. The van der Waals surface area contributed by atoms with Crippen molar-refractivity contribution in [3.8, 4) is 5.75 Å². The van der Waals surface area contributed by atoms with Gasteiger partial charge in [0.15, 0.2) is 6.61 Å². The number of carbonyl (C=O) groups is 2. The fourth-order valence-corrected chi connectivity index (χ4v) is 5.34. The summed E-state index contributed by atoms with van der Waals surface area (Å²) < 4.78 is 33.1. The number of amides is 1. The largest absolute Gasteiger partial charge is 0.484 e. The van der Waals surface area contributed by atoms with Crippen molar-refractivity contribution in [1.82, 2.24) is 9.21 Å². The second kappa shape index (κ2) is 10.3. The van der Waals surface area contributed by atoms with Crippen LogP contribution in [0.25, 0.3) is 0 Å². The minimum Gasteiger partial charge on any atom is -0.484 e. The van der Waals surface area contributed by atoms with Crippen LogP contribution < -0.4 is 4.74 Å². The van der Waals surface area contributed by atoms with Gasteiger partial charge in [0.25, 0.3) is 5.91 Å². The molecule has 32 heavy (non-hydrogen) atoms. The van der Waals surface area contributed by atoms with E-state index >= 15 is 0 Å². The minimum atomic E-state index is -3.59. The Bertz CT molecular complexity index is 1070. The lowest BCUT2D eigenvalue weighted by atomic mass is 10.1. The highest BCUT2D eigenvalue weighted by atomic mass is 32.2. The quantitative estimate of drug-likeness (QED) is 0.607. The second-order valence-electron chi connectivity index (χ2n) is 8.19. The SMILES string of the molecule is CC(=O)CCc1ccc(OCC(=O)N2CCN(S(=O)(=O)c3cc(C)ccc3C)CC2)cc1. The van der Waals surface area contributed by atoms with Crippen LogP contribution in [-0.4, -0.2) is 62.1 Å². The lowest BCUT2D eigenvalue weighted by Crippen LogP contribution is -2.51. The Morgan fingerprint density at radius 1 is 0.969 bits per heavy atom. The maximum atomic E-state index is 13.0. The highest BCUT2D eigenvalue weighted by Gasteiger charge is 2.31. The van der Waals surface area contributed by atoms with Gasteiger partial charge in [0.1, 0.15) is 11.5 Å². The number of benzene rings is 2. The van der Waals surface area contributed by atoms with Crippen molar-refractivity contribution in [1.29, 1.82) is 0 Å². The summed E-state index contributed by atoms with van der Waals surface area (Å²) in [6, 6.07) is 12.8. The molecule has 172 valence electrons. The first kappa shape index (κ1) is 23.9. The number of rotatable bonds is 8. The van der Waals surface area contributed by atoms with Crippen molar-refractivity contribution in [2.24, 2.45) is 0 Å². The number of sulfonamides is 1. The van der Waals surface area contributed by atoms with E-state index in [1.54, 1.807) is 36.9 Å². The van der Waals surface area contributed by atoms with Crippen molar-refractivity contribution in [3.63, 3.8) is 0 Å². The first-order valence-corrected chi connectivity index (χ1v) is 12.2. The number of ketones is 1. The third-order valence-electron chi connectivity index (χ3n) is 5.60. The summed E-state index contributed by atoms with van der Waals surface area (Å²) in [6.45, 7) is 6.30. The van der Waals surface area contributed by atoms with Crippen LogP contribution >= 0.6 is 0 Å². The molecule has 2 aromatic rings. The number of Topliss-reactive ketones (excluding diaryl/α,β-unsaturated/α-hetero) is 1. The summed E-state index contributed by atoms with van der Waals surface area (Å²) in [5, 5.41) is 0. The van der Waals surface area contributed by atoms with Crippen LogP contribution in [0.5, 0.6) is 5.75 Å². The number of aryl methyl sites for hydroxylation is 3. The van der Waals surface area contributed by atoms with Crippen molar-refractivity contribution in [3.05, 3.63) is 59.2 Å². The molecule has 7 nitrogen and oxygen atoms in total. The molecule has 0 unspecified atom stereocenters. The van der Waals surface area contributed by atoms with E-state index in [4.69, 9.17) is 4.74 Å². The summed E-state index contributed by atoms with van der Waals surface area (Å²) in [5.41, 5.74) is 2.65. The third-order valence-corrected chi connectivity index (χ3v) is 7.64. The molecule has 1 fully saturated rings. The molecule has 0 N–H and O–H groups in total. The Hall–Kier alpha value is -2.71. The van der Waals surface area contributed by atoms with E-state index in [-0.39, 0.29) is 31.4 Å². The van der Waals surface area contributed by atoms with Crippen LogP contribution in [0.1, 0.15) is 30.0 Å². The molecule has 0 bridgehead atoms. The summed E-state index contributed by atoms with van der Waals surface area (Å²) in [4.78, 5) is 25.6. The molecule has 0 aliphatic carbocycles. The monoisotopic (exact) mass is 458 g/mol. The molecule has 1 aliphatic heterocycles. The van der Waals surface area contributed by atoms with Gasteiger partial charge in [-0.25, -0.2) is 8.42 Å². The molecule has 1 amide bonds. The molecule has 1 heterocycles. The molecule has 0 saturated carbocycles. The molecular formula is C24H30N2O5S. The first-order valence-electron chi connectivity index (χ1n) is 10.7. The van der Waals surface area contributed by atoms with Gasteiger partial charge in [-0.05, 0) is 62.1 Å². The zero-order valence-electron chi connectivity index (χ0n) is 18.8. The molecule has 0 atom stereocenters. The highest BCUT2D eigenvalue weighted by Crippen LogP contribution is 2.22. The standard InChI is InChI=1S/C24H30N2O5S/c1-18-4-5-19(2)23(16-18)32(29,30)26-14-12-25(13-15-26)24(28)17-31-22-10-8-21(9-11-22)7-6-20(3)27/h4-5,8-11,16H,6-7,12-15,17H2,1-3H3. The van der Waals surface area contributed by atoms with Gasteiger partial charge in [-0.15, -0.1) is 0 Å². The van der Waals surface area contributed by atoms with E-state index in [9.17, 15) is 18.0 Å². The van der Waals surface area contributed by atoms with E-state index in [0.29, 0.717) is 36.6 Å². The van der Waals surface area contributed by atoms with Gasteiger partial charge in [0, 0.05) is 32.6 Å². The van der Waals surface area contributed by atoms with Crippen LogP contribution in [-0.2, 0) is 26.0 Å². The third kappa shape index (κ3) is 5.95. The first-order chi connectivity index (χ1) is 15.2. The van der Waals surface area contributed by atoms with E-state index in [2.05, 4.69) is 0 Å². The molecule has 1 aliphatic rings. The van der Waals surface area contributed by atoms with Crippen LogP contribution in [0.3, 0.4) is 0 Å². The number of ether oxygens (including phenoxy) is 1. The number of piperazine rings is 1. The smallest absolute Gasteiger partial charge is 0.260 e. The maximum Gasteiger partial charge on any atom is 0.260 e. The number of hydrogen-bond donors (Lipinski definition) is 0. The zero-order valence-corrected chi connectivity index (χ0v) is 19.7. The van der Waals surface area contributed by atoms with Gasteiger partial charge >= 0.3 is 0 Å². The summed E-state index contributed by atoms with van der Waals surface area (Å²) in [7, 11) is -3.59. The zero-order chi connectivity index (χ0) is 23.3. The Kier molecular flexibility index (Phi) is 7.69. The molecular weight excluding hydrogens is 428 g/mol. The van der Waals surface area contributed by atoms with Gasteiger partial charge in [-0.1, -0.05) is 24.3 Å². The highest BCUT2D eigenvalue weighted by molar-refractivity contribution is 7.89. The predicted octanol–water partition coefficient (Wildman–Crippen LogP) is 2.74. The molecule has 0 aromatic heterocycles. The van der Waals surface area contributed by atoms with Crippen LogP contribution in [0.15, 0.2) is 47.4 Å². The van der Waals surface area contributed by atoms with Gasteiger partial charge in [-0.2, -0.15) is 4.31 Å². The van der Waals surface area contributed by atoms with E-state index < -0.39 is 10.0 Å². The number of carbonyl (C=O) groups excluding carboxylic acids is 2. The maximum absolute atomic E-state index is 13.0. The molecule has 1 saturated heterocycles. The van der Waals surface area contributed by atoms with Crippen molar-refractivity contribution in [2.75, 3.05) is 32.8 Å². The topological polar surface area (TPSA) is 84.0 Å². The van der Waals surface area contributed by atoms with Gasteiger partial charge in [-0.3, -0.25) is 4.79 Å². The average Bonchev–Trinajstić information content (AvgIpc) is 2.78. The van der Waals surface area contributed by atoms with Crippen LogP contribution in [0.4, 0.5) is 0 Å². The Morgan fingerprint density at radius 2 is 1.62 bits per heavy atom. The fraction of sp³-hybridized carbons (Fsp3) is 0.417. The van der Waals surface area contributed by atoms with Crippen molar-refractivity contribution in [2.45, 2.75) is 38.5 Å². The number of nitrogens with zero attached hydrogens (tertiary/aromatic N) is 2. The summed E-state index contributed by atoms with van der Waals surface area (Å²) in [6.07, 6.45) is 1.19. The lowest BCUT2D eigenvalue weighted by Gasteiger charge is -2.34. The van der Waals surface area contributed by atoms with Gasteiger partial charge in [0.2, 0.25) is 10.0 Å². The lowest BCUT2D eigenvalue weighted by molar-refractivity contribution is -0.134. The minimum absolute atomic E-state index is 0.101. The van der Waals surface area contributed by atoms with Crippen molar-refractivity contribution < 1.29 is 22.7 Å². The molecule has 8 heteroatoms. The van der Waals surface area contributed by atoms with E-state index in [0.717, 1.165) is 16.7 Å². The molecule has 3 rings (SSSR count). The summed E-state index contributed by atoms with van der Waals surface area (Å²) in [5.74, 6) is 0.563. The van der Waals surface area contributed by atoms with Crippen molar-refractivity contribution >= 4 is 21.7 Å². The molecule has 0 radical (unpaired) electrons. The predicted molar refractivity (Wildman–Crippen MR) is 122 cm³/mol. The van der Waals surface area contributed by atoms with Crippen LogP contribution in [0.2, 0.25) is 0 Å². The Balaban J connectivity index is 1.51. The van der Waals surface area contributed by atoms with Crippen LogP contribution in [0, 0.1) is 13.8 Å². The second-order valence-corrected chi connectivity index (χ2v) is 10.1.